The predicted molar refractivity (Wildman–Crippen MR) is 134 cm³/mol. The van der Waals surface area contributed by atoms with Crippen molar-refractivity contribution in [1.82, 2.24) is 10.7 Å². The second kappa shape index (κ2) is 11.6. The summed E-state index contributed by atoms with van der Waals surface area (Å²) in [5.74, 6) is -0.448. The van der Waals surface area contributed by atoms with Gasteiger partial charge in [0.25, 0.3) is 5.91 Å². The maximum Gasteiger partial charge on any atom is 0.251 e. The number of hydrogen-bond acceptors (Lipinski definition) is 5. The minimum Gasteiger partial charge on any atom is -0.503 e. The summed E-state index contributed by atoms with van der Waals surface area (Å²) in [5, 5.41) is 17.0. The fourth-order valence-corrected chi connectivity index (χ4v) is 3.86. The lowest BCUT2D eigenvalue weighted by Crippen LogP contribution is -2.32. The zero-order chi connectivity index (χ0) is 23.8. The molecule has 9 heteroatoms. The molecule has 1 atom stereocenters. The van der Waals surface area contributed by atoms with E-state index in [9.17, 15) is 14.7 Å². The number of hydrogen-bond donors (Lipinski definition) is 3. The lowest BCUT2D eigenvalue weighted by atomic mass is 10.0. The van der Waals surface area contributed by atoms with Crippen molar-refractivity contribution in [3.8, 4) is 11.5 Å². The van der Waals surface area contributed by atoms with Crippen LogP contribution in [-0.2, 0) is 4.79 Å². The molecule has 3 aromatic carbocycles. The Morgan fingerprint density at radius 3 is 2.33 bits per heavy atom. The fraction of sp³-hybridized carbons (Fsp3) is 0.125. The van der Waals surface area contributed by atoms with E-state index in [1.165, 1.54) is 13.3 Å². The van der Waals surface area contributed by atoms with Gasteiger partial charge in [0.1, 0.15) is 0 Å². The number of hydrazone groups is 1. The highest BCUT2D eigenvalue weighted by atomic mass is 79.9. The van der Waals surface area contributed by atoms with Crippen molar-refractivity contribution in [1.29, 1.82) is 0 Å². The Balaban J connectivity index is 1.71. The zero-order valence-corrected chi connectivity index (χ0v) is 20.8. The van der Waals surface area contributed by atoms with Gasteiger partial charge in [0, 0.05) is 15.6 Å². The highest BCUT2D eigenvalue weighted by molar-refractivity contribution is 9.13. The molecule has 3 N–H and O–H groups in total. The number of aromatic hydroxyl groups is 1. The van der Waals surface area contributed by atoms with E-state index in [-0.39, 0.29) is 29.7 Å². The van der Waals surface area contributed by atoms with Gasteiger partial charge in [-0.1, -0.05) is 48.5 Å². The molecule has 0 radical (unpaired) electrons. The topological polar surface area (TPSA) is 100 Å². The lowest BCUT2D eigenvalue weighted by molar-refractivity contribution is -0.121. The van der Waals surface area contributed by atoms with E-state index >= 15 is 0 Å². The molecule has 0 aliphatic carbocycles. The zero-order valence-electron chi connectivity index (χ0n) is 17.6. The Labute approximate surface area is 208 Å². The fourth-order valence-electron chi connectivity index (χ4n) is 3.03. The van der Waals surface area contributed by atoms with Gasteiger partial charge in [-0.2, -0.15) is 5.10 Å². The summed E-state index contributed by atoms with van der Waals surface area (Å²) in [6, 6.07) is 19.1. The van der Waals surface area contributed by atoms with Crippen LogP contribution in [0, 0.1) is 0 Å². The van der Waals surface area contributed by atoms with Crippen molar-refractivity contribution in [3.05, 3.63) is 92.4 Å². The SMILES string of the molecule is COc1cc(/C=N\NC(=O)C[C@H](NC(=O)c2ccccc2)c2ccccc2)c(Br)c(Br)c1O. The van der Waals surface area contributed by atoms with E-state index in [1.807, 2.05) is 36.4 Å². The Kier molecular flexibility index (Phi) is 8.62. The molecule has 0 heterocycles. The number of halogens is 2. The molecule has 0 unspecified atom stereocenters. The van der Waals surface area contributed by atoms with Gasteiger partial charge < -0.3 is 15.2 Å². The van der Waals surface area contributed by atoms with Gasteiger partial charge in [-0.3, -0.25) is 9.59 Å². The van der Waals surface area contributed by atoms with Crippen molar-refractivity contribution >= 4 is 49.9 Å². The standard InChI is InChI=1S/C24H21Br2N3O4/c1-33-19-12-17(21(25)22(26)23(19)31)14-27-29-20(30)13-18(15-8-4-2-5-9-15)28-24(32)16-10-6-3-7-11-16/h2-12,14,18,31H,13H2,1H3,(H,28,32)(H,29,30)/b27-14-/t18-/m0/s1. The number of phenolic OH excluding ortho intramolecular Hbond substituents is 1. The number of benzene rings is 3. The van der Waals surface area contributed by atoms with E-state index in [1.54, 1.807) is 30.3 Å². The third-order valence-electron chi connectivity index (χ3n) is 4.72. The van der Waals surface area contributed by atoms with Crippen LogP contribution in [0.4, 0.5) is 0 Å². The predicted octanol–water partition coefficient (Wildman–Crippen LogP) is 4.94. The maximum atomic E-state index is 12.7. The number of methoxy groups -OCH3 is 1. The first-order chi connectivity index (χ1) is 15.9. The summed E-state index contributed by atoms with van der Waals surface area (Å²) in [6.45, 7) is 0. The summed E-state index contributed by atoms with van der Waals surface area (Å²) in [5.41, 5.74) is 4.37. The van der Waals surface area contributed by atoms with E-state index in [2.05, 4.69) is 47.7 Å². The van der Waals surface area contributed by atoms with Crippen LogP contribution < -0.4 is 15.5 Å². The van der Waals surface area contributed by atoms with E-state index < -0.39 is 6.04 Å². The minimum absolute atomic E-state index is 0.0102. The number of phenols is 1. The van der Waals surface area contributed by atoms with Crippen molar-refractivity contribution < 1.29 is 19.4 Å². The minimum atomic E-state index is -0.538. The third-order valence-corrected chi connectivity index (χ3v) is 6.88. The Hall–Kier alpha value is -3.17. The first-order valence-electron chi connectivity index (χ1n) is 9.88. The molecule has 0 saturated carbocycles. The number of carbonyl (C=O) groups excluding carboxylic acids is 2. The molecular formula is C24H21Br2N3O4. The highest BCUT2D eigenvalue weighted by Gasteiger charge is 2.19. The van der Waals surface area contributed by atoms with Gasteiger partial charge in [0.2, 0.25) is 5.91 Å². The summed E-state index contributed by atoms with van der Waals surface area (Å²) in [6.07, 6.45) is 1.42. The summed E-state index contributed by atoms with van der Waals surface area (Å²) >= 11 is 6.65. The van der Waals surface area contributed by atoms with Gasteiger partial charge in [-0.25, -0.2) is 5.43 Å². The molecule has 3 aromatic rings. The number of ether oxygens (including phenoxy) is 1. The van der Waals surface area contributed by atoms with Crippen LogP contribution in [0.25, 0.3) is 0 Å². The van der Waals surface area contributed by atoms with Gasteiger partial charge >= 0.3 is 0 Å². The number of rotatable bonds is 8. The molecule has 0 spiro atoms. The summed E-state index contributed by atoms with van der Waals surface area (Å²) in [4.78, 5) is 25.3. The van der Waals surface area contributed by atoms with Crippen LogP contribution in [0.3, 0.4) is 0 Å². The van der Waals surface area contributed by atoms with Crippen LogP contribution in [0.15, 0.2) is 80.8 Å². The first-order valence-corrected chi connectivity index (χ1v) is 11.5. The Morgan fingerprint density at radius 1 is 1.06 bits per heavy atom. The molecule has 2 amide bonds. The van der Waals surface area contributed by atoms with Crippen LogP contribution in [-0.4, -0.2) is 30.2 Å². The molecule has 0 aliphatic rings. The molecule has 0 aromatic heterocycles. The van der Waals surface area contributed by atoms with Crippen LogP contribution >= 0.6 is 31.9 Å². The molecule has 0 bridgehead atoms. The number of nitrogens with one attached hydrogen (secondary N) is 2. The second-order valence-corrected chi connectivity index (χ2v) is 8.53. The average Bonchev–Trinajstić information content (AvgIpc) is 2.84. The van der Waals surface area contributed by atoms with Crippen molar-refractivity contribution in [2.75, 3.05) is 7.11 Å². The molecular weight excluding hydrogens is 554 g/mol. The molecule has 3 rings (SSSR count). The monoisotopic (exact) mass is 573 g/mol. The van der Waals surface area contributed by atoms with Crippen molar-refractivity contribution in [3.63, 3.8) is 0 Å². The molecule has 170 valence electrons. The Bertz CT molecular complexity index is 1160. The van der Waals surface area contributed by atoms with Gasteiger partial charge in [-0.15, -0.1) is 0 Å². The van der Waals surface area contributed by atoms with Crippen molar-refractivity contribution in [2.24, 2.45) is 5.10 Å². The smallest absolute Gasteiger partial charge is 0.251 e. The maximum absolute atomic E-state index is 12.7. The van der Waals surface area contributed by atoms with Crippen molar-refractivity contribution in [2.45, 2.75) is 12.5 Å². The van der Waals surface area contributed by atoms with E-state index in [4.69, 9.17) is 4.74 Å². The highest BCUT2D eigenvalue weighted by Crippen LogP contribution is 2.41. The molecule has 0 fully saturated rings. The van der Waals surface area contributed by atoms with Crippen LogP contribution in [0.1, 0.15) is 33.9 Å². The molecule has 0 saturated heterocycles. The molecule has 7 nitrogen and oxygen atoms in total. The average molecular weight is 575 g/mol. The number of carbonyl (C=O) groups is 2. The number of amides is 2. The Morgan fingerprint density at radius 2 is 1.70 bits per heavy atom. The second-order valence-electron chi connectivity index (χ2n) is 6.94. The third kappa shape index (κ3) is 6.43. The molecule has 0 aliphatic heterocycles. The lowest BCUT2D eigenvalue weighted by Gasteiger charge is -2.18. The van der Waals surface area contributed by atoms with Gasteiger partial charge in [-0.05, 0) is 55.6 Å². The van der Waals surface area contributed by atoms with Crippen LogP contribution in [0.2, 0.25) is 0 Å². The van der Waals surface area contributed by atoms with E-state index in [0.717, 1.165) is 5.56 Å². The van der Waals surface area contributed by atoms with E-state index in [0.29, 0.717) is 20.1 Å². The quantitative estimate of drug-likeness (QED) is 0.262. The van der Waals surface area contributed by atoms with Gasteiger partial charge in [0.05, 0.1) is 30.3 Å². The first kappa shape index (κ1) is 24.5. The summed E-state index contributed by atoms with van der Waals surface area (Å²) in [7, 11) is 1.44. The normalized spacial score (nSPS) is 11.7. The number of nitrogens with zero attached hydrogens (tertiary/aromatic N) is 1. The largest absolute Gasteiger partial charge is 0.503 e. The summed E-state index contributed by atoms with van der Waals surface area (Å²) < 4.78 is 6.09. The van der Waals surface area contributed by atoms with Crippen LogP contribution in [0.5, 0.6) is 11.5 Å². The van der Waals surface area contributed by atoms with Gasteiger partial charge in [0.15, 0.2) is 11.5 Å². The molecule has 33 heavy (non-hydrogen) atoms.